The van der Waals surface area contributed by atoms with Gasteiger partial charge in [0.15, 0.2) is 0 Å². The van der Waals surface area contributed by atoms with Crippen molar-refractivity contribution < 1.29 is 14.6 Å². The average Bonchev–Trinajstić information content (AvgIpc) is 2.97. The van der Waals surface area contributed by atoms with Crippen LogP contribution in [-0.4, -0.2) is 29.8 Å². The second kappa shape index (κ2) is 6.12. The van der Waals surface area contributed by atoms with Crippen LogP contribution in [0.4, 0.5) is 0 Å². The minimum Gasteiger partial charge on any atom is -0.465 e. The number of hydrogen-bond acceptors (Lipinski definition) is 5. The number of methoxy groups -OCH3 is 1. The number of ether oxygens (including phenoxy) is 1. The number of aliphatic hydroxyl groups excluding tert-OH is 1. The number of aromatic nitrogens is 1. The van der Waals surface area contributed by atoms with Crippen LogP contribution in [0.15, 0.2) is 18.2 Å². The van der Waals surface area contributed by atoms with Gasteiger partial charge in [-0.1, -0.05) is 0 Å². The van der Waals surface area contributed by atoms with Crippen molar-refractivity contribution in [3.63, 3.8) is 0 Å². The summed E-state index contributed by atoms with van der Waals surface area (Å²) in [6.45, 7) is 0.301. The van der Waals surface area contributed by atoms with E-state index in [2.05, 4.69) is 0 Å². The van der Waals surface area contributed by atoms with E-state index in [9.17, 15) is 9.90 Å². The molecule has 4 nitrogen and oxygen atoms in total. The fraction of sp³-hybridized carbons (Fsp3) is 0.500. The van der Waals surface area contributed by atoms with Crippen LogP contribution >= 0.6 is 11.3 Å². The Morgan fingerprint density at radius 1 is 1.38 bits per heavy atom. The summed E-state index contributed by atoms with van der Waals surface area (Å²) in [6.07, 6.45) is 4.33. The van der Waals surface area contributed by atoms with Crippen molar-refractivity contribution in [2.24, 2.45) is 5.92 Å². The topological polar surface area (TPSA) is 59.4 Å². The van der Waals surface area contributed by atoms with Crippen LogP contribution in [0.2, 0.25) is 0 Å². The zero-order valence-electron chi connectivity index (χ0n) is 12.0. The van der Waals surface area contributed by atoms with Gasteiger partial charge >= 0.3 is 5.97 Å². The molecule has 1 saturated carbocycles. The average molecular weight is 305 g/mol. The lowest BCUT2D eigenvalue weighted by molar-refractivity contribution is 0.0601. The lowest BCUT2D eigenvalue weighted by atomic mass is 9.83. The molecule has 1 fully saturated rings. The van der Waals surface area contributed by atoms with E-state index in [1.807, 2.05) is 6.07 Å². The van der Waals surface area contributed by atoms with Gasteiger partial charge in [0.2, 0.25) is 0 Å². The summed E-state index contributed by atoms with van der Waals surface area (Å²) in [5.74, 6) is 0.628. The number of thiazole rings is 1. The summed E-state index contributed by atoms with van der Waals surface area (Å²) in [5.41, 5.74) is 1.42. The number of hydrogen-bond donors (Lipinski definition) is 1. The van der Waals surface area contributed by atoms with Gasteiger partial charge in [0.25, 0.3) is 0 Å². The van der Waals surface area contributed by atoms with Gasteiger partial charge in [0, 0.05) is 12.5 Å². The number of fused-ring (bicyclic) bond motifs is 1. The highest BCUT2D eigenvalue weighted by Crippen LogP contribution is 2.38. The van der Waals surface area contributed by atoms with Crippen LogP contribution in [-0.2, 0) is 4.74 Å². The van der Waals surface area contributed by atoms with Gasteiger partial charge in [0.1, 0.15) is 0 Å². The molecule has 0 spiro atoms. The first kappa shape index (κ1) is 14.5. The van der Waals surface area contributed by atoms with Crippen LogP contribution < -0.4 is 0 Å². The minimum absolute atomic E-state index is 0.301. The zero-order valence-corrected chi connectivity index (χ0v) is 12.9. The van der Waals surface area contributed by atoms with Gasteiger partial charge in [-0.2, -0.15) is 0 Å². The van der Waals surface area contributed by atoms with E-state index in [-0.39, 0.29) is 5.97 Å². The van der Waals surface area contributed by atoms with Crippen molar-refractivity contribution >= 4 is 27.5 Å². The zero-order chi connectivity index (χ0) is 14.8. The van der Waals surface area contributed by atoms with Crippen LogP contribution in [0.5, 0.6) is 0 Å². The maximum Gasteiger partial charge on any atom is 0.337 e. The Kier molecular flexibility index (Phi) is 4.22. The minimum atomic E-state index is -0.324. The summed E-state index contributed by atoms with van der Waals surface area (Å²) >= 11 is 1.71. The Morgan fingerprint density at radius 2 is 2.14 bits per heavy atom. The van der Waals surface area contributed by atoms with E-state index in [4.69, 9.17) is 9.72 Å². The molecular formula is C16H19NO3S. The van der Waals surface area contributed by atoms with Crippen LogP contribution in [0.3, 0.4) is 0 Å². The smallest absolute Gasteiger partial charge is 0.337 e. The summed E-state index contributed by atoms with van der Waals surface area (Å²) < 4.78 is 5.86. The molecule has 0 bridgehead atoms. The van der Waals surface area contributed by atoms with Crippen molar-refractivity contribution in [2.75, 3.05) is 13.7 Å². The van der Waals surface area contributed by atoms with Gasteiger partial charge < -0.3 is 9.84 Å². The first-order valence-electron chi connectivity index (χ1n) is 7.31. The highest BCUT2D eigenvalue weighted by Gasteiger charge is 2.24. The van der Waals surface area contributed by atoms with Gasteiger partial charge in [-0.05, 0) is 49.8 Å². The largest absolute Gasteiger partial charge is 0.465 e. The Balaban J connectivity index is 1.83. The summed E-state index contributed by atoms with van der Waals surface area (Å²) in [4.78, 5) is 16.3. The van der Waals surface area contributed by atoms with Gasteiger partial charge in [-0.15, -0.1) is 11.3 Å². The lowest BCUT2D eigenvalue weighted by Gasteiger charge is -2.25. The highest BCUT2D eigenvalue weighted by molar-refractivity contribution is 7.18. The third-order valence-corrected chi connectivity index (χ3v) is 5.48. The molecule has 0 unspecified atom stereocenters. The number of benzene rings is 1. The Morgan fingerprint density at radius 3 is 2.81 bits per heavy atom. The molecule has 0 aliphatic heterocycles. The van der Waals surface area contributed by atoms with Crippen molar-refractivity contribution in [2.45, 2.75) is 31.6 Å². The van der Waals surface area contributed by atoms with Crippen LogP contribution in [0.1, 0.15) is 47.0 Å². The number of esters is 1. The molecule has 1 aromatic heterocycles. The number of nitrogens with zero attached hydrogens (tertiary/aromatic N) is 1. The molecule has 1 aliphatic rings. The molecule has 3 rings (SSSR count). The van der Waals surface area contributed by atoms with E-state index < -0.39 is 0 Å². The molecule has 1 N–H and O–H groups in total. The number of aliphatic hydroxyl groups is 1. The Hall–Kier alpha value is -1.46. The standard InChI is InChI=1S/C16H19NO3S/c1-20-16(19)12-6-7-14-13(8-12)17-15(21-14)11-4-2-10(9-18)3-5-11/h6-8,10-11,18H,2-5,9H2,1H3. The van der Waals surface area contributed by atoms with E-state index in [0.717, 1.165) is 40.9 Å². The molecule has 1 heterocycles. The summed E-state index contributed by atoms with van der Waals surface area (Å²) in [7, 11) is 1.39. The van der Waals surface area contributed by atoms with E-state index in [1.165, 1.54) is 7.11 Å². The van der Waals surface area contributed by atoms with Crippen molar-refractivity contribution in [3.05, 3.63) is 28.8 Å². The van der Waals surface area contributed by atoms with E-state index >= 15 is 0 Å². The Bertz CT molecular complexity index is 644. The SMILES string of the molecule is COC(=O)c1ccc2sc(C3CCC(CO)CC3)nc2c1. The first-order chi connectivity index (χ1) is 10.2. The van der Waals surface area contributed by atoms with Gasteiger partial charge in [-0.25, -0.2) is 9.78 Å². The maximum absolute atomic E-state index is 11.6. The van der Waals surface area contributed by atoms with Crippen LogP contribution in [0.25, 0.3) is 10.2 Å². The normalized spacial score (nSPS) is 22.4. The molecule has 0 amide bonds. The van der Waals surface area contributed by atoms with Crippen molar-refractivity contribution in [1.82, 2.24) is 4.98 Å². The maximum atomic E-state index is 11.6. The fourth-order valence-electron chi connectivity index (χ4n) is 2.96. The predicted molar refractivity (Wildman–Crippen MR) is 82.7 cm³/mol. The first-order valence-corrected chi connectivity index (χ1v) is 8.12. The fourth-order valence-corrected chi connectivity index (χ4v) is 4.07. The molecule has 1 aliphatic carbocycles. The Labute approximate surface area is 127 Å². The van der Waals surface area contributed by atoms with Gasteiger partial charge in [-0.3, -0.25) is 0 Å². The van der Waals surface area contributed by atoms with Crippen molar-refractivity contribution in [1.29, 1.82) is 0 Å². The molecule has 0 radical (unpaired) electrons. The third-order valence-electron chi connectivity index (χ3n) is 4.28. The highest BCUT2D eigenvalue weighted by atomic mass is 32.1. The molecule has 2 aromatic rings. The molecule has 5 heteroatoms. The monoisotopic (exact) mass is 305 g/mol. The molecule has 0 atom stereocenters. The van der Waals surface area contributed by atoms with Gasteiger partial charge in [0.05, 0.1) is 27.9 Å². The number of carbonyl (C=O) groups is 1. The van der Waals surface area contributed by atoms with E-state index in [0.29, 0.717) is 24.0 Å². The summed E-state index contributed by atoms with van der Waals surface area (Å²) in [5, 5.41) is 10.4. The van der Waals surface area contributed by atoms with Crippen LogP contribution in [0, 0.1) is 5.92 Å². The lowest BCUT2D eigenvalue weighted by Crippen LogP contribution is -2.15. The third kappa shape index (κ3) is 2.94. The summed E-state index contributed by atoms with van der Waals surface area (Å²) in [6, 6.07) is 5.54. The molecule has 112 valence electrons. The molecule has 0 saturated heterocycles. The second-order valence-corrected chi connectivity index (χ2v) is 6.69. The number of rotatable bonds is 3. The molecular weight excluding hydrogens is 286 g/mol. The quantitative estimate of drug-likeness (QED) is 0.883. The van der Waals surface area contributed by atoms with Crippen molar-refractivity contribution in [3.8, 4) is 0 Å². The second-order valence-electron chi connectivity index (χ2n) is 5.63. The molecule has 21 heavy (non-hydrogen) atoms. The molecule has 1 aromatic carbocycles. The number of carbonyl (C=O) groups excluding carboxylic acids is 1. The van der Waals surface area contributed by atoms with E-state index in [1.54, 1.807) is 23.5 Å². The predicted octanol–water partition coefficient (Wildman–Crippen LogP) is 3.35.